The molecule has 1 aromatic rings. The third-order valence-electron chi connectivity index (χ3n) is 5.41. The van der Waals surface area contributed by atoms with Crippen LogP contribution in [0.1, 0.15) is 62.7 Å². The molecule has 0 spiro atoms. The highest BCUT2D eigenvalue weighted by Crippen LogP contribution is 2.32. The summed E-state index contributed by atoms with van der Waals surface area (Å²) in [6, 6.07) is 7.94. The molecule has 0 saturated carbocycles. The van der Waals surface area contributed by atoms with Crippen LogP contribution < -0.4 is 4.74 Å². The van der Waals surface area contributed by atoms with Crippen molar-refractivity contribution in [2.24, 2.45) is 5.92 Å². The van der Waals surface area contributed by atoms with E-state index < -0.39 is 0 Å². The molecular weight excluding hydrogens is 314 g/mol. The first-order valence-corrected chi connectivity index (χ1v) is 9.81. The Kier molecular flexibility index (Phi) is 6.35. The molecule has 3 rings (SSSR count). The van der Waals surface area contributed by atoms with Crippen LogP contribution in [-0.4, -0.2) is 42.7 Å². The van der Waals surface area contributed by atoms with Crippen molar-refractivity contribution in [3.05, 3.63) is 29.8 Å². The van der Waals surface area contributed by atoms with Crippen molar-refractivity contribution in [2.45, 2.75) is 64.5 Å². The van der Waals surface area contributed by atoms with E-state index in [1.165, 1.54) is 45.2 Å². The van der Waals surface area contributed by atoms with Gasteiger partial charge in [-0.1, -0.05) is 6.42 Å². The number of carbonyl (C=O) groups excluding carboxylic acids is 1. The number of nitrogens with zero attached hydrogens (tertiary/aromatic N) is 1. The summed E-state index contributed by atoms with van der Waals surface area (Å²) >= 11 is 0. The maximum Gasteiger partial charge on any atom is 0.338 e. The van der Waals surface area contributed by atoms with Gasteiger partial charge in [0, 0.05) is 6.04 Å². The van der Waals surface area contributed by atoms with Gasteiger partial charge in [0.2, 0.25) is 0 Å². The molecule has 2 fully saturated rings. The smallest absolute Gasteiger partial charge is 0.338 e. The largest absolute Gasteiger partial charge is 0.491 e. The van der Waals surface area contributed by atoms with Crippen molar-refractivity contribution in [3.8, 4) is 5.75 Å². The number of ether oxygens (including phenoxy) is 2. The van der Waals surface area contributed by atoms with Crippen molar-refractivity contribution in [2.75, 3.05) is 19.7 Å². The average molecular weight is 345 g/mol. The molecule has 2 heterocycles. The van der Waals surface area contributed by atoms with E-state index in [-0.39, 0.29) is 12.1 Å². The van der Waals surface area contributed by atoms with Gasteiger partial charge in [0.15, 0.2) is 0 Å². The Hall–Kier alpha value is -1.55. The van der Waals surface area contributed by atoms with E-state index in [9.17, 15) is 4.79 Å². The first-order valence-electron chi connectivity index (χ1n) is 9.81. The molecular formula is C21H31NO3. The van der Waals surface area contributed by atoms with E-state index >= 15 is 0 Å². The van der Waals surface area contributed by atoms with Crippen molar-refractivity contribution in [1.29, 1.82) is 0 Å². The zero-order valence-electron chi connectivity index (χ0n) is 15.6. The van der Waals surface area contributed by atoms with Crippen LogP contribution in [0.3, 0.4) is 0 Å². The van der Waals surface area contributed by atoms with E-state index in [2.05, 4.69) is 4.90 Å². The molecule has 2 saturated heterocycles. The lowest BCUT2D eigenvalue weighted by atomic mass is 9.82. The summed E-state index contributed by atoms with van der Waals surface area (Å²) < 4.78 is 11.1. The standard InChI is InChI=1S/C21H31NO3/c1-16(2)25-19-10-8-18(9-11-19)21(23)24-15-12-17-6-5-14-22-13-4-3-7-20(17)22/h8-11,16-17,20H,3-7,12-15H2,1-2H3. The Morgan fingerprint density at radius 3 is 2.64 bits per heavy atom. The molecule has 0 aliphatic carbocycles. The van der Waals surface area contributed by atoms with Crippen LogP contribution in [0, 0.1) is 5.92 Å². The average Bonchev–Trinajstić information content (AvgIpc) is 2.62. The van der Waals surface area contributed by atoms with E-state index in [0.29, 0.717) is 24.1 Å². The molecule has 0 N–H and O–H groups in total. The van der Waals surface area contributed by atoms with Crippen LogP contribution in [0.15, 0.2) is 24.3 Å². The molecule has 2 aliphatic heterocycles. The van der Waals surface area contributed by atoms with Gasteiger partial charge in [-0.05, 0) is 89.2 Å². The monoisotopic (exact) mass is 345 g/mol. The maximum atomic E-state index is 12.2. The van der Waals surface area contributed by atoms with Gasteiger partial charge in [-0.25, -0.2) is 4.79 Å². The minimum atomic E-state index is -0.229. The lowest BCUT2D eigenvalue weighted by Crippen LogP contribution is -2.48. The summed E-state index contributed by atoms with van der Waals surface area (Å²) in [5.41, 5.74) is 0.596. The molecule has 4 nitrogen and oxygen atoms in total. The van der Waals surface area contributed by atoms with E-state index in [1.54, 1.807) is 12.1 Å². The molecule has 0 aromatic heterocycles. The van der Waals surface area contributed by atoms with Crippen LogP contribution in [0.2, 0.25) is 0 Å². The number of carbonyl (C=O) groups is 1. The lowest BCUT2D eigenvalue weighted by molar-refractivity contribution is 0.0296. The number of fused-ring (bicyclic) bond motifs is 1. The fraction of sp³-hybridized carbons (Fsp3) is 0.667. The molecule has 2 atom stereocenters. The van der Waals surface area contributed by atoms with E-state index in [1.807, 2.05) is 26.0 Å². The number of hydrogen-bond donors (Lipinski definition) is 0. The SMILES string of the molecule is CC(C)Oc1ccc(C(=O)OCCC2CCCN3CCCCC23)cc1. The molecule has 25 heavy (non-hydrogen) atoms. The second-order valence-electron chi connectivity index (χ2n) is 7.62. The van der Waals surface area contributed by atoms with Gasteiger partial charge in [0.05, 0.1) is 18.3 Å². The van der Waals surface area contributed by atoms with Crippen molar-refractivity contribution < 1.29 is 14.3 Å². The molecule has 0 radical (unpaired) electrons. The predicted molar refractivity (Wildman–Crippen MR) is 99.0 cm³/mol. The Bertz CT molecular complexity index is 553. The minimum Gasteiger partial charge on any atom is -0.491 e. The molecule has 2 unspecified atom stereocenters. The van der Waals surface area contributed by atoms with Crippen LogP contribution in [0.25, 0.3) is 0 Å². The van der Waals surface area contributed by atoms with Gasteiger partial charge in [-0.2, -0.15) is 0 Å². The molecule has 138 valence electrons. The third-order valence-corrected chi connectivity index (χ3v) is 5.41. The quantitative estimate of drug-likeness (QED) is 0.721. The normalized spacial score (nSPS) is 24.0. The van der Waals surface area contributed by atoms with Crippen LogP contribution in [0.4, 0.5) is 0 Å². The summed E-state index contributed by atoms with van der Waals surface area (Å²) in [5, 5.41) is 0. The molecule has 0 bridgehead atoms. The van der Waals surface area contributed by atoms with Gasteiger partial charge in [0.25, 0.3) is 0 Å². The number of esters is 1. The zero-order chi connectivity index (χ0) is 17.6. The topological polar surface area (TPSA) is 38.8 Å². The second kappa shape index (κ2) is 8.70. The summed E-state index contributed by atoms with van der Waals surface area (Å²) in [6.45, 7) is 7.01. The Balaban J connectivity index is 1.45. The highest BCUT2D eigenvalue weighted by atomic mass is 16.5. The molecule has 2 aliphatic rings. The van der Waals surface area contributed by atoms with Crippen molar-refractivity contribution in [3.63, 3.8) is 0 Å². The van der Waals surface area contributed by atoms with Gasteiger partial charge in [-0.3, -0.25) is 0 Å². The van der Waals surface area contributed by atoms with Crippen LogP contribution in [0.5, 0.6) is 5.75 Å². The fourth-order valence-corrected chi connectivity index (χ4v) is 4.24. The Morgan fingerprint density at radius 1 is 1.12 bits per heavy atom. The summed E-state index contributed by atoms with van der Waals surface area (Å²) in [6.07, 6.45) is 7.69. The lowest BCUT2D eigenvalue weighted by Gasteiger charge is -2.44. The molecule has 4 heteroatoms. The summed E-state index contributed by atoms with van der Waals surface area (Å²) in [5.74, 6) is 1.24. The minimum absolute atomic E-state index is 0.132. The van der Waals surface area contributed by atoms with Gasteiger partial charge < -0.3 is 14.4 Å². The van der Waals surface area contributed by atoms with Crippen molar-refractivity contribution in [1.82, 2.24) is 4.90 Å². The predicted octanol–water partition coefficient (Wildman–Crippen LogP) is 4.29. The highest BCUT2D eigenvalue weighted by molar-refractivity contribution is 5.89. The zero-order valence-corrected chi connectivity index (χ0v) is 15.6. The molecule has 0 amide bonds. The Morgan fingerprint density at radius 2 is 1.88 bits per heavy atom. The van der Waals surface area contributed by atoms with Gasteiger partial charge >= 0.3 is 5.97 Å². The molecule has 1 aromatic carbocycles. The van der Waals surface area contributed by atoms with Crippen molar-refractivity contribution >= 4 is 5.97 Å². The number of piperidine rings is 2. The van der Waals surface area contributed by atoms with E-state index in [0.717, 1.165) is 12.2 Å². The number of benzene rings is 1. The van der Waals surface area contributed by atoms with Gasteiger partial charge in [0.1, 0.15) is 5.75 Å². The third kappa shape index (κ3) is 4.97. The Labute approximate surface area is 151 Å². The van der Waals surface area contributed by atoms with Crippen LogP contribution in [-0.2, 0) is 4.74 Å². The highest BCUT2D eigenvalue weighted by Gasteiger charge is 2.32. The van der Waals surface area contributed by atoms with E-state index in [4.69, 9.17) is 9.47 Å². The summed E-state index contributed by atoms with van der Waals surface area (Å²) in [4.78, 5) is 14.9. The fourth-order valence-electron chi connectivity index (χ4n) is 4.24. The second-order valence-corrected chi connectivity index (χ2v) is 7.62. The van der Waals surface area contributed by atoms with Gasteiger partial charge in [-0.15, -0.1) is 0 Å². The number of rotatable bonds is 6. The first-order chi connectivity index (χ1) is 12.1. The maximum absolute atomic E-state index is 12.2. The number of hydrogen-bond acceptors (Lipinski definition) is 4. The summed E-state index contributed by atoms with van der Waals surface area (Å²) in [7, 11) is 0. The first kappa shape index (κ1) is 18.2. The van der Waals surface area contributed by atoms with Crippen LogP contribution >= 0.6 is 0 Å².